The summed E-state index contributed by atoms with van der Waals surface area (Å²) in [4.78, 5) is 22.2. The predicted octanol–water partition coefficient (Wildman–Crippen LogP) is 1.91. The van der Waals surface area contributed by atoms with E-state index in [1.165, 1.54) is 24.4 Å². The highest BCUT2D eigenvalue weighted by Gasteiger charge is 2.43. The minimum absolute atomic E-state index is 0.116. The minimum Gasteiger partial charge on any atom is -0.401 e. The van der Waals surface area contributed by atoms with Crippen LogP contribution in [0.3, 0.4) is 0 Å². The molecule has 4 atom stereocenters. The number of aliphatic hydroxyl groups is 1. The van der Waals surface area contributed by atoms with Gasteiger partial charge in [0, 0.05) is 18.6 Å². The SMILES string of the molecule is Nc1ncc2ncn([C@@H]3C[C@H](COP(=O)(O)Oc4ccccc4F)[C@H]3CO)c2n1. The molecule has 1 fully saturated rings. The van der Waals surface area contributed by atoms with Gasteiger partial charge in [-0.25, -0.2) is 18.9 Å². The van der Waals surface area contributed by atoms with Crippen LogP contribution < -0.4 is 10.3 Å². The standard InChI is InChI=1S/C17H19FN5O5P/c18-12-3-1-2-4-15(12)28-29(25,26)27-8-10-5-14(11(10)7-24)23-9-21-13-6-20-17(19)22-16(13)23/h1-4,6,9-11,14,24H,5,7-8H2,(H,25,26)(H2,19,20,22)/t10-,11-,14-/m1/s1. The van der Waals surface area contributed by atoms with E-state index in [-0.39, 0.29) is 42.8 Å². The van der Waals surface area contributed by atoms with Crippen LogP contribution in [0.15, 0.2) is 36.8 Å². The van der Waals surface area contributed by atoms with Gasteiger partial charge < -0.3 is 19.9 Å². The largest absolute Gasteiger partial charge is 0.527 e. The number of imidazole rings is 1. The number of phosphoric acid groups is 1. The lowest BCUT2D eigenvalue weighted by Crippen LogP contribution is -2.42. The molecule has 12 heteroatoms. The summed E-state index contributed by atoms with van der Waals surface area (Å²) < 4.78 is 37.4. The number of fused-ring (bicyclic) bond motifs is 1. The van der Waals surface area contributed by atoms with E-state index in [0.29, 0.717) is 17.6 Å². The van der Waals surface area contributed by atoms with Gasteiger partial charge in [0.05, 0.1) is 19.1 Å². The topological polar surface area (TPSA) is 146 Å². The van der Waals surface area contributed by atoms with Gasteiger partial charge in [0.15, 0.2) is 17.2 Å². The van der Waals surface area contributed by atoms with Crippen molar-refractivity contribution in [3.8, 4) is 5.75 Å². The van der Waals surface area contributed by atoms with Crippen molar-refractivity contribution in [2.24, 2.45) is 11.8 Å². The molecule has 154 valence electrons. The number of para-hydroxylation sites is 1. The quantitative estimate of drug-likeness (QED) is 0.485. The Labute approximate surface area is 164 Å². The summed E-state index contributed by atoms with van der Waals surface area (Å²) in [6, 6.07) is 5.12. The molecule has 2 heterocycles. The van der Waals surface area contributed by atoms with E-state index in [1.807, 2.05) is 0 Å². The molecule has 0 radical (unpaired) electrons. The summed E-state index contributed by atoms with van der Waals surface area (Å²) in [7, 11) is -4.51. The van der Waals surface area contributed by atoms with Gasteiger partial charge in [-0.3, -0.25) is 9.42 Å². The Morgan fingerprint density at radius 1 is 1.34 bits per heavy atom. The third-order valence-electron chi connectivity index (χ3n) is 5.05. The van der Waals surface area contributed by atoms with E-state index < -0.39 is 13.6 Å². The fraction of sp³-hybridized carbons (Fsp3) is 0.353. The molecule has 3 aromatic rings. The average molecular weight is 423 g/mol. The van der Waals surface area contributed by atoms with Gasteiger partial charge in [0.25, 0.3) is 0 Å². The lowest BCUT2D eigenvalue weighted by Gasteiger charge is -2.44. The second kappa shape index (κ2) is 7.68. The normalized spacial score (nSPS) is 23.5. The molecule has 1 unspecified atom stereocenters. The zero-order valence-corrected chi connectivity index (χ0v) is 16.0. The van der Waals surface area contributed by atoms with E-state index in [2.05, 4.69) is 15.0 Å². The number of nitrogens with two attached hydrogens (primary N) is 1. The number of rotatable bonds is 7. The van der Waals surface area contributed by atoms with Crippen LogP contribution in [0.5, 0.6) is 5.75 Å². The summed E-state index contributed by atoms with van der Waals surface area (Å²) in [5.41, 5.74) is 6.77. The van der Waals surface area contributed by atoms with Gasteiger partial charge >= 0.3 is 7.82 Å². The molecular weight excluding hydrogens is 404 g/mol. The maximum absolute atomic E-state index is 13.6. The Balaban J connectivity index is 1.41. The van der Waals surface area contributed by atoms with Gasteiger partial charge in [-0.15, -0.1) is 0 Å². The monoisotopic (exact) mass is 423 g/mol. The van der Waals surface area contributed by atoms with Gasteiger partial charge in [-0.05, 0) is 24.5 Å². The van der Waals surface area contributed by atoms with E-state index in [1.54, 1.807) is 10.9 Å². The highest BCUT2D eigenvalue weighted by Crippen LogP contribution is 2.50. The zero-order chi connectivity index (χ0) is 20.6. The predicted molar refractivity (Wildman–Crippen MR) is 100 cm³/mol. The summed E-state index contributed by atoms with van der Waals surface area (Å²) in [5, 5.41) is 9.79. The first kappa shape index (κ1) is 19.7. The van der Waals surface area contributed by atoms with Crippen molar-refractivity contribution < 1.29 is 28.0 Å². The number of benzene rings is 1. The summed E-state index contributed by atoms with van der Waals surface area (Å²) in [6.07, 6.45) is 3.67. The Morgan fingerprint density at radius 3 is 2.90 bits per heavy atom. The summed E-state index contributed by atoms with van der Waals surface area (Å²) in [5.74, 6) is -1.48. The smallest absolute Gasteiger partial charge is 0.401 e. The number of phosphoric ester groups is 1. The van der Waals surface area contributed by atoms with Crippen LogP contribution in [0, 0.1) is 17.7 Å². The van der Waals surface area contributed by atoms with Gasteiger partial charge in [-0.1, -0.05) is 12.1 Å². The van der Waals surface area contributed by atoms with Gasteiger partial charge in [0.2, 0.25) is 5.95 Å². The molecule has 1 aromatic carbocycles. The van der Waals surface area contributed by atoms with Crippen LogP contribution in [-0.4, -0.2) is 42.7 Å². The van der Waals surface area contributed by atoms with Crippen LogP contribution in [0.2, 0.25) is 0 Å². The first-order chi connectivity index (χ1) is 13.9. The second-order valence-electron chi connectivity index (χ2n) is 6.78. The highest BCUT2D eigenvalue weighted by molar-refractivity contribution is 7.47. The lowest BCUT2D eigenvalue weighted by atomic mass is 9.70. The summed E-state index contributed by atoms with van der Waals surface area (Å²) >= 11 is 0. The van der Waals surface area contributed by atoms with Crippen LogP contribution in [0.1, 0.15) is 12.5 Å². The number of nitrogens with zero attached hydrogens (tertiary/aromatic N) is 4. The third-order valence-corrected chi connectivity index (χ3v) is 5.95. The first-order valence-electron chi connectivity index (χ1n) is 8.85. The molecule has 1 saturated carbocycles. The van der Waals surface area contributed by atoms with Crippen molar-refractivity contribution in [1.82, 2.24) is 19.5 Å². The molecule has 0 amide bonds. The Kier molecular flexibility index (Phi) is 5.22. The van der Waals surface area contributed by atoms with Crippen LogP contribution in [-0.2, 0) is 9.09 Å². The maximum atomic E-state index is 13.6. The molecule has 2 aromatic heterocycles. The van der Waals surface area contributed by atoms with Crippen molar-refractivity contribution in [3.05, 3.63) is 42.6 Å². The molecule has 10 nitrogen and oxygen atoms in total. The Morgan fingerprint density at radius 2 is 2.14 bits per heavy atom. The molecule has 0 saturated heterocycles. The number of hydrogen-bond donors (Lipinski definition) is 3. The van der Waals surface area contributed by atoms with E-state index in [4.69, 9.17) is 14.8 Å². The molecule has 1 aliphatic carbocycles. The van der Waals surface area contributed by atoms with E-state index >= 15 is 0 Å². The molecule has 1 aliphatic rings. The minimum atomic E-state index is -4.51. The van der Waals surface area contributed by atoms with Crippen molar-refractivity contribution in [3.63, 3.8) is 0 Å². The average Bonchev–Trinajstić information content (AvgIpc) is 3.05. The summed E-state index contributed by atoms with van der Waals surface area (Å²) in [6.45, 7) is -0.295. The second-order valence-corrected chi connectivity index (χ2v) is 8.16. The lowest BCUT2D eigenvalue weighted by molar-refractivity contribution is -0.00494. The first-order valence-corrected chi connectivity index (χ1v) is 10.3. The van der Waals surface area contributed by atoms with Crippen molar-refractivity contribution >= 4 is 24.9 Å². The number of anilines is 1. The van der Waals surface area contributed by atoms with Crippen LogP contribution in [0.4, 0.5) is 10.3 Å². The number of aromatic nitrogens is 4. The van der Waals surface area contributed by atoms with Crippen LogP contribution in [0.25, 0.3) is 11.2 Å². The molecular formula is C17H19FN5O5P. The fourth-order valence-electron chi connectivity index (χ4n) is 3.50. The van der Waals surface area contributed by atoms with Crippen molar-refractivity contribution in [2.75, 3.05) is 18.9 Å². The molecule has 29 heavy (non-hydrogen) atoms. The van der Waals surface area contributed by atoms with Gasteiger partial charge in [0.1, 0.15) is 5.52 Å². The molecule has 4 N–H and O–H groups in total. The van der Waals surface area contributed by atoms with E-state index in [0.717, 1.165) is 6.07 Å². The molecule has 0 spiro atoms. The zero-order valence-electron chi connectivity index (χ0n) is 15.1. The van der Waals surface area contributed by atoms with Crippen molar-refractivity contribution in [2.45, 2.75) is 12.5 Å². The van der Waals surface area contributed by atoms with Gasteiger partial charge in [-0.2, -0.15) is 4.98 Å². The van der Waals surface area contributed by atoms with Crippen LogP contribution >= 0.6 is 7.82 Å². The fourth-order valence-corrected chi connectivity index (χ4v) is 4.33. The third kappa shape index (κ3) is 3.95. The Bertz CT molecular complexity index is 1080. The molecule has 4 rings (SSSR count). The molecule has 0 aliphatic heterocycles. The number of nitrogen functional groups attached to an aromatic ring is 1. The molecule has 0 bridgehead atoms. The Hall–Kier alpha value is -2.59. The number of aliphatic hydroxyl groups excluding tert-OH is 1. The number of halogens is 1. The van der Waals surface area contributed by atoms with E-state index in [9.17, 15) is 19.0 Å². The number of hydrogen-bond acceptors (Lipinski definition) is 8. The van der Waals surface area contributed by atoms with Crippen molar-refractivity contribution in [1.29, 1.82) is 0 Å². The highest BCUT2D eigenvalue weighted by atomic mass is 31.2. The maximum Gasteiger partial charge on any atom is 0.527 e.